The van der Waals surface area contributed by atoms with Crippen LogP contribution in [0.3, 0.4) is 0 Å². The van der Waals surface area contributed by atoms with Crippen molar-refractivity contribution in [1.29, 1.82) is 0 Å². The lowest BCUT2D eigenvalue weighted by atomic mass is 9.74. The van der Waals surface area contributed by atoms with Crippen molar-refractivity contribution < 1.29 is 5.11 Å². The molecule has 2 fully saturated rings. The molecular weight excluding hydrogens is 262 g/mol. The summed E-state index contributed by atoms with van der Waals surface area (Å²) in [5.74, 6) is 0. The van der Waals surface area contributed by atoms with Crippen molar-refractivity contribution in [2.45, 2.75) is 69.0 Å². The molecule has 0 radical (unpaired) electrons. The lowest BCUT2D eigenvalue weighted by molar-refractivity contribution is -0.00207. The highest BCUT2D eigenvalue weighted by Crippen LogP contribution is 2.38. The first kappa shape index (κ1) is 17.2. The van der Waals surface area contributed by atoms with Gasteiger partial charge in [0.1, 0.15) is 0 Å². The van der Waals surface area contributed by atoms with E-state index in [2.05, 4.69) is 43.2 Å². The molecule has 2 aliphatic rings. The molecular formula is C17H35N3O. The Labute approximate surface area is 130 Å². The van der Waals surface area contributed by atoms with Crippen LogP contribution in [0.4, 0.5) is 0 Å². The van der Waals surface area contributed by atoms with E-state index >= 15 is 0 Å². The van der Waals surface area contributed by atoms with Gasteiger partial charge in [-0.2, -0.15) is 0 Å². The standard InChI is InChI=1S/C17H35N3O/c1-5-18-16(14-21)9-6-8-15(12-16)20(4)13-17(19(2)3)10-7-11-17/h15,18,21H,5-14H2,1-4H3. The SMILES string of the molecule is CCNC1(CO)CCCC(N(C)CC2(N(C)C)CCC2)C1. The Morgan fingerprint density at radius 3 is 2.33 bits per heavy atom. The Bertz CT molecular complexity index is 326. The van der Waals surface area contributed by atoms with E-state index in [1.54, 1.807) is 0 Å². The first-order valence-corrected chi connectivity index (χ1v) is 8.70. The number of likely N-dealkylation sites (N-methyl/N-ethyl adjacent to an activating group) is 3. The van der Waals surface area contributed by atoms with Crippen molar-refractivity contribution >= 4 is 0 Å². The minimum atomic E-state index is -0.0448. The summed E-state index contributed by atoms with van der Waals surface area (Å²) in [5.41, 5.74) is 0.350. The van der Waals surface area contributed by atoms with Gasteiger partial charge in [-0.1, -0.05) is 6.92 Å². The lowest BCUT2D eigenvalue weighted by Gasteiger charge is -2.52. The predicted octanol–water partition coefficient (Wildman–Crippen LogP) is 1.69. The first-order chi connectivity index (χ1) is 9.97. The third-order valence-corrected chi connectivity index (χ3v) is 6.07. The van der Waals surface area contributed by atoms with Crippen molar-refractivity contribution in [3.63, 3.8) is 0 Å². The highest BCUT2D eigenvalue weighted by Gasteiger charge is 2.43. The zero-order chi connectivity index (χ0) is 15.5. The Balaban J connectivity index is 1.97. The molecule has 0 spiro atoms. The summed E-state index contributed by atoms with van der Waals surface area (Å²) in [5, 5.41) is 13.4. The van der Waals surface area contributed by atoms with Gasteiger partial charge in [0.2, 0.25) is 0 Å². The summed E-state index contributed by atoms with van der Waals surface area (Å²) >= 11 is 0. The van der Waals surface area contributed by atoms with Crippen LogP contribution < -0.4 is 5.32 Å². The summed E-state index contributed by atoms with van der Waals surface area (Å²) in [6.45, 7) is 4.51. The van der Waals surface area contributed by atoms with Crippen molar-refractivity contribution in [2.24, 2.45) is 0 Å². The number of aliphatic hydroxyl groups is 1. The van der Waals surface area contributed by atoms with Gasteiger partial charge in [-0.15, -0.1) is 0 Å². The number of hydrogen-bond acceptors (Lipinski definition) is 4. The van der Waals surface area contributed by atoms with Crippen LogP contribution in [0, 0.1) is 0 Å². The average Bonchev–Trinajstić information content (AvgIpc) is 2.42. The van der Waals surface area contributed by atoms with E-state index in [4.69, 9.17) is 0 Å². The molecule has 2 saturated carbocycles. The zero-order valence-electron chi connectivity index (χ0n) is 14.5. The van der Waals surface area contributed by atoms with Gasteiger partial charge in [0.25, 0.3) is 0 Å². The molecule has 2 aliphatic carbocycles. The van der Waals surface area contributed by atoms with E-state index in [0.717, 1.165) is 25.9 Å². The molecule has 2 unspecified atom stereocenters. The highest BCUT2D eigenvalue weighted by atomic mass is 16.3. The highest BCUT2D eigenvalue weighted by molar-refractivity contribution is 5.01. The topological polar surface area (TPSA) is 38.7 Å². The molecule has 21 heavy (non-hydrogen) atoms. The van der Waals surface area contributed by atoms with Crippen molar-refractivity contribution in [2.75, 3.05) is 40.8 Å². The van der Waals surface area contributed by atoms with E-state index in [1.807, 2.05) is 0 Å². The van der Waals surface area contributed by atoms with Gasteiger partial charge in [0, 0.05) is 23.7 Å². The molecule has 0 amide bonds. The monoisotopic (exact) mass is 297 g/mol. The van der Waals surface area contributed by atoms with Crippen molar-refractivity contribution in [1.82, 2.24) is 15.1 Å². The third-order valence-electron chi connectivity index (χ3n) is 6.07. The van der Waals surface area contributed by atoms with Crippen LogP contribution in [-0.2, 0) is 0 Å². The number of nitrogens with zero attached hydrogens (tertiary/aromatic N) is 2. The predicted molar refractivity (Wildman–Crippen MR) is 88.6 cm³/mol. The molecule has 0 aromatic heterocycles. The molecule has 0 bridgehead atoms. The Kier molecular flexibility index (Phi) is 5.69. The Morgan fingerprint density at radius 2 is 1.86 bits per heavy atom. The van der Waals surface area contributed by atoms with Crippen molar-refractivity contribution in [3.05, 3.63) is 0 Å². The van der Waals surface area contributed by atoms with Gasteiger partial charge >= 0.3 is 0 Å². The summed E-state index contributed by atoms with van der Waals surface area (Å²) in [6, 6.07) is 0.599. The van der Waals surface area contributed by atoms with E-state index < -0.39 is 0 Å². The van der Waals surface area contributed by atoms with Gasteiger partial charge in [-0.25, -0.2) is 0 Å². The van der Waals surface area contributed by atoms with Gasteiger partial charge in [-0.3, -0.25) is 0 Å². The zero-order valence-corrected chi connectivity index (χ0v) is 14.5. The molecule has 0 heterocycles. The van der Waals surface area contributed by atoms with E-state index in [0.29, 0.717) is 11.6 Å². The van der Waals surface area contributed by atoms with Crippen LogP contribution in [0.5, 0.6) is 0 Å². The van der Waals surface area contributed by atoms with Crippen LogP contribution in [0.1, 0.15) is 51.9 Å². The van der Waals surface area contributed by atoms with E-state index in [9.17, 15) is 5.11 Å². The smallest absolute Gasteiger partial charge is 0.0613 e. The van der Waals surface area contributed by atoms with Crippen LogP contribution in [0.15, 0.2) is 0 Å². The minimum Gasteiger partial charge on any atom is -0.394 e. The number of nitrogens with one attached hydrogen (secondary N) is 1. The molecule has 2 atom stereocenters. The Morgan fingerprint density at radius 1 is 1.14 bits per heavy atom. The van der Waals surface area contributed by atoms with Crippen LogP contribution >= 0.6 is 0 Å². The van der Waals surface area contributed by atoms with Gasteiger partial charge in [0.05, 0.1) is 6.61 Å². The first-order valence-electron chi connectivity index (χ1n) is 8.70. The van der Waals surface area contributed by atoms with Crippen molar-refractivity contribution in [3.8, 4) is 0 Å². The molecule has 0 saturated heterocycles. The number of aliphatic hydroxyl groups excluding tert-OH is 1. The Hall–Kier alpha value is -0.160. The maximum absolute atomic E-state index is 9.86. The molecule has 0 aromatic rings. The largest absolute Gasteiger partial charge is 0.394 e. The van der Waals surface area contributed by atoms with Gasteiger partial charge in [-0.05, 0) is 72.6 Å². The maximum atomic E-state index is 9.86. The molecule has 4 heteroatoms. The van der Waals surface area contributed by atoms with E-state index in [-0.39, 0.29) is 12.1 Å². The second-order valence-corrected chi connectivity index (χ2v) is 7.61. The molecule has 124 valence electrons. The second-order valence-electron chi connectivity index (χ2n) is 7.61. The van der Waals surface area contributed by atoms with E-state index in [1.165, 1.54) is 32.1 Å². The fraction of sp³-hybridized carbons (Fsp3) is 1.00. The number of hydrogen-bond donors (Lipinski definition) is 2. The molecule has 0 aromatic carbocycles. The maximum Gasteiger partial charge on any atom is 0.0613 e. The summed E-state index contributed by atoms with van der Waals surface area (Å²) < 4.78 is 0. The number of rotatable bonds is 7. The van der Waals surface area contributed by atoms with Gasteiger partial charge in [0.15, 0.2) is 0 Å². The van der Waals surface area contributed by atoms with Gasteiger partial charge < -0.3 is 20.2 Å². The summed E-state index contributed by atoms with van der Waals surface area (Å²) in [6.07, 6.45) is 8.71. The third kappa shape index (κ3) is 3.61. The van der Waals surface area contributed by atoms with Crippen LogP contribution in [0.25, 0.3) is 0 Å². The molecule has 4 nitrogen and oxygen atoms in total. The summed E-state index contributed by atoms with van der Waals surface area (Å²) in [4.78, 5) is 5.00. The fourth-order valence-electron chi connectivity index (χ4n) is 4.37. The normalized spacial score (nSPS) is 32.4. The minimum absolute atomic E-state index is 0.0448. The molecule has 2 N–H and O–H groups in total. The van der Waals surface area contributed by atoms with Crippen LogP contribution in [0.2, 0.25) is 0 Å². The van der Waals surface area contributed by atoms with Crippen LogP contribution in [-0.4, -0.2) is 72.9 Å². The lowest BCUT2D eigenvalue weighted by Crippen LogP contribution is -2.60. The second kappa shape index (κ2) is 6.95. The fourth-order valence-corrected chi connectivity index (χ4v) is 4.37. The summed E-state index contributed by atoms with van der Waals surface area (Å²) in [7, 11) is 6.74. The average molecular weight is 297 g/mol. The molecule has 0 aliphatic heterocycles. The molecule has 2 rings (SSSR count). The quantitative estimate of drug-likeness (QED) is 0.750.